The van der Waals surface area contributed by atoms with E-state index in [9.17, 15) is 10.1 Å². The molecule has 1 rings (SSSR count). The van der Waals surface area contributed by atoms with Crippen LogP contribution in [0.1, 0.15) is 58.9 Å². The number of primary amides is 1. The minimum atomic E-state index is -0.393. The van der Waals surface area contributed by atoms with Crippen LogP contribution in [0.4, 0.5) is 0 Å². The predicted octanol–water partition coefficient (Wildman–Crippen LogP) is 3.87. The van der Waals surface area contributed by atoms with Gasteiger partial charge in [-0.3, -0.25) is 4.79 Å². The highest BCUT2D eigenvalue weighted by Crippen LogP contribution is 2.39. The Balaban J connectivity index is 2.95. The molecule has 0 fully saturated rings. The van der Waals surface area contributed by atoms with Gasteiger partial charge in [0.2, 0.25) is 5.91 Å². The number of likely N-dealkylation sites (N-methyl/N-ethyl adjacent to an activating group) is 1. The fourth-order valence-corrected chi connectivity index (χ4v) is 3.81. The molecular formula is C22H35N3O2. The highest BCUT2D eigenvalue weighted by Gasteiger charge is 2.35. The number of nitrogens with zero attached hydrogens (tertiary/aromatic N) is 2. The molecule has 0 aromatic heterocycles. The van der Waals surface area contributed by atoms with E-state index < -0.39 is 5.41 Å². The first-order chi connectivity index (χ1) is 12.9. The highest BCUT2D eigenvalue weighted by atomic mass is 16.5. The van der Waals surface area contributed by atoms with Crippen LogP contribution in [0.3, 0.4) is 0 Å². The Labute approximate surface area is 164 Å². The fourth-order valence-electron chi connectivity index (χ4n) is 3.81. The third-order valence-corrected chi connectivity index (χ3v) is 5.20. The molecule has 0 heterocycles. The van der Waals surface area contributed by atoms with Gasteiger partial charge in [-0.2, -0.15) is 5.26 Å². The summed E-state index contributed by atoms with van der Waals surface area (Å²) < 4.78 is 5.87. The minimum Gasteiger partial charge on any atom is -0.492 e. The van der Waals surface area contributed by atoms with Crippen LogP contribution in [0.25, 0.3) is 0 Å². The van der Waals surface area contributed by atoms with Crippen molar-refractivity contribution < 1.29 is 9.53 Å². The summed E-state index contributed by atoms with van der Waals surface area (Å²) in [6.45, 7) is 11.9. The molecule has 1 aromatic carbocycles. The zero-order chi connectivity index (χ0) is 20.3. The first kappa shape index (κ1) is 23.0. The second kappa shape index (κ2) is 11.6. The molecule has 2 atom stereocenters. The number of nitriles is 1. The zero-order valence-corrected chi connectivity index (χ0v) is 17.3. The van der Waals surface area contributed by atoms with Crippen molar-refractivity contribution in [1.82, 2.24) is 4.90 Å². The number of carbonyl (C=O) groups is 1. The van der Waals surface area contributed by atoms with E-state index in [2.05, 4.69) is 31.7 Å². The number of rotatable bonds is 13. The molecule has 0 aliphatic rings. The molecule has 27 heavy (non-hydrogen) atoms. The summed E-state index contributed by atoms with van der Waals surface area (Å²) in [5, 5.41) is 9.28. The smallest absolute Gasteiger partial charge is 0.218 e. The van der Waals surface area contributed by atoms with Gasteiger partial charge in [0.25, 0.3) is 0 Å². The lowest BCUT2D eigenvalue weighted by molar-refractivity contribution is -0.119. The van der Waals surface area contributed by atoms with Crippen molar-refractivity contribution in [2.75, 3.05) is 26.2 Å². The topological polar surface area (TPSA) is 79.3 Å². The molecule has 0 spiro atoms. The van der Waals surface area contributed by atoms with Gasteiger partial charge in [-0.05, 0) is 50.6 Å². The largest absolute Gasteiger partial charge is 0.492 e. The van der Waals surface area contributed by atoms with Crippen molar-refractivity contribution in [3.63, 3.8) is 0 Å². The first-order valence-corrected chi connectivity index (χ1v) is 10.0. The van der Waals surface area contributed by atoms with Gasteiger partial charge in [0.15, 0.2) is 0 Å². The van der Waals surface area contributed by atoms with Gasteiger partial charge >= 0.3 is 0 Å². The molecule has 1 amide bonds. The van der Waals surface area contributed by atoms with Crippen LogP contribution in [0.2, 0.25) is 0 Å². The monoisotopic (exact) mass is 373 g/mol. The summed E-state index contributed by atoms with van der Waals surface area (Å²) in [6.07, 6.45) is 2.63. The molecule has 0 saturated heterocycles. The van der Waals surface area contributed by atoms with Crippen LogP contribution in [-0.2, 0) is 10.2 Å². The summed E-state index contributed by atoms with van der Waals surface area (Å²) in [7, 11) is 0. The van der Waals surface area contributed by atoms with Crippen LogP contribution in [0, 0.1) is 17.2 Å². The molecule has 1 aromatic rings. The Hall–Kier alpha value is -2.06. The third kappa shape index (κ3) is 7.22. The van der Waals surface area contributed by atoms with E-state index >= 15 is 0 Å². The normalized spacial score (nSPS) is 14.4. The minimum absolute atomic E-state index is 0.138. The van der Waals surface area contributed by atoms with Crippen LogP contribution in [-0.4, -0.2) is 37.0 Å². The maximum atomic E-state index is 11.8. The van der Waals surface area contributed by atoms with Crippen molar-refractivity contribution >= 4 is 5.91 Å². The lowest BCUT2D eigenvalue weighted by atomic mass is 9.69. The Kier molecular flexibility index (Phi) is 9.88. The van der Waals surface area contributed by atoms with Crippen LogP contribution < -0.4 is 10.5 Å². The predicted molar refractivity (Wildman–Crippen MR) is 110 cm³/mol. The third-order valence-electron chi connectivity index (χ3n) is 5.20. The molecule has 150 valence electrons. The van der Waals surface area contributed by atoms with Crippen molar-refractivity contribution in [2.24, 2.45) is 11.7 Å². The number of nitrogens with two attached hydrogens (primary N) is 1. The first-order valence-electron chi connectivity index (χ1n) is 10.0. The average molecular weight is 374 g/mol. The molecule has 2 N–H and O–H groups in total. The second-order valence-electron chi connectivity index (χ2n) is 7.31. The van der Waals surface area contributed by atoms with Crippen LogP contribution >= 0.6 is 0 Å². The summed E-state index contributed by atoms with van der Waals surface area (Å²) >= 11 is 0. The van der Waals surface area contributed by atoms with Gasteiger partial charge in [-0.25, -0.2) is 0 Å². The Bertz CT molecular complexity index is 605. The molecule has 2 unspecified atom stereocenters. The molecule has 0 aliphatic carbocycles. The van der Waals surface area contributed by atoms with Gasteiger partial charge < -0.3 is 15.4 Å². The standard InChI is InChI=1S/C22H35N3O2/c1-5-12-22(16-21(24)26,15-18(4)17-23)19-8-10-20(11-9-19)27-14-13-25(6-2)7-3/h8-11,18H,5-7,12-16H2,1-4H3,(H2,24,26). The Morgan fingerprint density at radius 1 is 1.26 bits per heavy atom. The van der Waals surface area contributed by atoms with E-state index in [-0.39, 0.29) is 18.2 Å². The van der Waals surface area contributed by atoms with E-state index in [1.54, 1.807) is 0 Å². The zero-order valence-electron chi connectivity index (χ0n) is 17.3. The lowest BCUT2D eigenvalue weighted by Gasteiger charge is -2.34. The summed E-state index contributed by atoms with van der Waals surface area (Å²) in [4.78, 5) is 14.1. The van der Waals surface area contributed by atoms with Gasteiger partial charge in [0.05, 0.1) is 6.07 Å². The van der Waals surface area contributed by atoms with E-state index in [0.717, 1.165) is 43.8 Å². The fraction of sp³-hybridized carbons (Fsp3) is 0.636. The van der Waals surface area contributed by atoms with Gasteiger partial charge in [0.1, 0.15) is 12.4 Å². The SMILES string of the molecule is CCCC(CC(N)=O)(CC(C)C#N)c1ccc(OCCN(CC)CC)cc1. The van der Waals surface area contributed by atoms with Crippen molar-refractivity contribution in [2.45, 2.75) is 58.8 Å². The van der Waals surface area contributed by atoms with Crippen LogP contribution in [0.5, 0.6) is 5.75 Å². The van der Waals surface area contributed by atoms with E-state index in [0.29, 0.717) is 13.0 Å². The summed E-state index contributed by atoms with van der Waals surface area (Å²) in [5.74, 6) is 0.359. The van der Waals surface area contributed by atoms with Gasteiger partial charge in [-0.1, -0.05) is 39.3 Å². The van der Waals surface area contributed by atoms with E-state index in [1.807, 2.05) is 31.2 Å². The summed E-state index contributed by atoms with van der Waals surface area (Å²) in [6, 6.07) is 10.3. The van der Waals surface area contributed by atoms with E-state index in [4.69, 9.17) is 10.5 Å². The van der Waals surface area contributed by atoms with Gasteiger partial charge in [0, 0.05) is 24.3 Å². The van der Waals surface area contributed by atoms with E-state index in [1.165, 1.54) is 0 Å². The Morgan fingerprint density at radius 2 is 1.89 bits per heavy atom. The number of hydrogen-bond donors (Lipinski definition) is 1. The number of amides is 1. The lowest BCUT2D eigenvalue weighted by Crippen LogP contribution is -2.34. The number of hydrogen-bond acceptors (Lipinski definition) is 4. The van der Waals surface area contributed by atoms with Crippen molar-refractivity contribution in [3.05, 3.63) is 29.8 Å². The quantitative estimate of drug-likeness (QED) is 0.569. The number of carbonyl (C=O) groups excluding carboxylic acids is 1. The van der Waals surface area contributed by atoms with Crippen LogP contribution in [0.15, 0.2) is 24.3 Å². The van der Waals surface area contributed by atoms with Crippen molar-refractivity contribution in [3.8, 4) is 11.8 Å². The summed E-state index contributed by atoms with van der Waals surface area (Å²) in [5.41, 5.74) is 6.23. The number of benzene rings is 1. The maximum absolute atomic E-state index is 11.8. The van der Waals surface area contributed by atoms with Gasteiger partial charge in [-0.15, -0.1) is 0 Å². The maximum Gasteiger partial charge on any atom is 0.218 e. The highest BCUT2D eigenvalue weighted by molar-refractivity contribution is 5.75. The molecule has 5 heteroatoms. The molecule has 0 aliphatic heterocycles. The number of ether oxygens (including phenoxy) is 1. The molecule has 5 nitrogen and oxygen atoms in total. The molecule has 0 saturated carbocycles. The average Bonchev–Trinajstić information content (AvgIpc) is 2.65. The molecule has 0 radical (unpaired) electrons. The van der Waals surface area contributed by atoms with Crippen molar-refractivity contribution in [1.29, 1.82) is 5.26 Å². The molecule has 0 bridgehead atoms. The second-order valence-corrected chi connectivity index (χ2v) is 7.31. The molecular weight excluding hydrogens is 338 g/mol. The Morgan fingerprint density at radius 3 is 2.37 bits per heavy atom.